The summed E-state index contributed by atoms with van der Waals surface area (Å²) >= 11 is 4.01. The second kappa shape index (κ2) is 6.31. The first-order valence-corrected chi connectivity index (χ1v) is 5.91. The quantitative estimate of drug-likeness (QED) is 0.258. The molecular formula is C12H11ClF6O3. The van der Waals surface area contributed by atoms with Gasteiger partial charge in [-0.05, 0) is 38.4 Å². The molecule has 0 saturated heterocycles. The molecule has 0 saturated carbocycles. The highest BCUT2D eigenvalue weighted by atomic mass is 35.5. The molecule has 0 aliphatic heterocycles. The number of hydrogen-bond acceptors (Lipinski definition) is 3. The summed E-state index contributed by atoms with van der Waals surface area (Å²) in [6, 6.07) is 0. The summed E-state index contributed by atoms with van der Waals surface area (Å²) in [6.45, 7) is 1.98. The average Bonchev–Trinajstić information content (AvgIpc) is 2.24. The summed E-state index contributed by atoms with van der Waals surface area (Å²) in [6.07, 6.45) is -0.132. The molecule has 3 nitrogen and oxygen atoms in total. The molecule has 0 atom stereocenters. The van der Waals surface area contributed by atoms with Crippen molar-refractivity contribution in [2.24, 2.45) is 0 Å². The van der Waals surface area contributed by atoms with Crippen LogP contribution in [-0.2, 0) is 9.59 Å². The number of ketones is 2. The van der Waals surface area contributed by atoms with Crippen molar-refractivity contribution in [2.75, 3.05) is 0 Å². The molecule has 0 aliphatic carbocycles. The zero-order valence-electron chi connectivity index (χ0n) is 11.5. The standard InChI is InChI=1S/C12H11ClF6O3/c1-5(20)4-8(9(6(2)21)7(3)22)10(14,15)11(16,17)12(13,18)19/h4,21H,1-3H3/b8-4+,9-6+. The molecule has 0 aromatic rings. The number of halogens is 7. The summed E-state index contributed by atoms with van der Waals surface area (Å²) in [5.74, 6) is -15.5. The Labute approximate surface area is 126 Å². The lowest BCUT2D eigenvalue weighted by molar-refractivity contribution is -0.263. The molecule has 0 bridgehead atoms. The van der Waals surface area contributed by atoms with Gasteiger partial charge >= 0.3 is 17.2 Å². The van der Waals surface area contributed by atoms with Gasteiger partial charge in [0.05, 0.1) is 5.57 Å². The van der Waals surface area contributed by atoms with Gasteiger partial charge in [-0.15, -0.1) is 0 Å². The van der Waals surface area contributed by atoms with Crippen molar-refractivity contribution in [2.45, 2.75) is 38.0 Å². The average molecular weight is 353 g/mol. The zero-order valence-corrected chi connectivity index (χ0v) is 12.2. The van der Waals surface area contributed by atoms with E-state index in [1.807, 2.05) is 0 Å². The van der Waals surface area contributed by atoms with E-state index in [4.69, 9.17) is 0 Å². The third-order valence-corrected chi connectivity index (χ3v) is 2.66. The summed E-state index contributed by atoms with van der Waals surface area (Å²) in [7, 11) is 0. The van der Waals surface area contributed by atoms with Crippen LogP contribution in [0, 0.1) is 0 Å². The Bertz CT molecular complexity index is 542. The molecule has 0 spiro atoms. The summed E-state index contributed by atoms with van der Waals surface area (Å²) in [4.78, 5) is 22.2. The van der Waals surface area contributed by atoms with Crippen molar-refractivity contribution in [3.8, 4) is 0 Å². The topological polar surface area (TPSA) is 54.4 Å². The lowest BCUT2D eigenvalue weighted by Gasteiger charge is -2.31. The fraction of sp³-hybridized carbons (Fsp3) is 0.500. The normalized spacial score (nSPS) is 15.5. The van der Waals surface area contributed by atoms with Crippen LogP contribution >= 0.6 is 11.6 Å². The van der Waals surface area contributed by atoms with Gasteiger partial charge in [0, 0.05) is 5.57 Å². The molecule has 0 radical (unpaired) electrons. The van der Waals surface area contributed by atoms with Gasteiger partial charge in [-0.3, -0.25) is 9.59 Å². The first-order valence-electron chi connectivity index (χ1n) is 5.53. The Morgan fingerprint density at radius 2 is 1.41 bits per heavy atom. The van der Waals surface area contributed by atoms with Crippen molar-refractivity contribution in [3.05, 3.63) is 23.0 Å². The fourth-order valence-corrected chi connectivity index (χ4v) is 1.63. The van der Waals surface area contributed by atoms with Gasteiger partial charge < -0.3 is 5.11 Å². The number of rotatable bonds is 6. The molecule has 0 amide bonds. The van der Waals surface area contributed by atoms with Crippen molar-refractivity contribution in [1.82, 2.24) is 0 Å². The Kier molecular flexibility index (Phi) is 5.88. The third kappa shape index (κ3) is 3.82. The van der Waals surface area contributed by atoms with Crippen LogP contribution in [0.1, 0.15) is 20.8 Å². The van der Waals surface area contributed by atoms with Crippen molar-refractivity contribution in [1.29, 1.82) is 0 Å². The highest BCUT2D eigenvalue weighted by molar-refractivity contribution is 6.22. The SMILES string of the molecule is CC(=O)/C=C(\C(C(C)=O)=C(/C)O)C(F)(F)C(F)(F)C(F)(F)Cl. The minimum atomic E-state index is -6.13. The summed E-state index contributed by atoms with van der Waals surface area (Å²) in [5.41, 5.74) is -3.42. The van der Waals surface area contributed by atoms with Crippen LogP contribution in [0.15, 0.2) is 23.0 Å². The van der Waals surface area contributed by atoms with Crippen LogP contribution in [0.4, 0.5) is 26.3 Å². The van der Waals surface area contributed by atoms with E-state index < -0.39 is 45.7 Å². The third-order valence-electron chi connectivity index (χ3n) is 2.42. The molecule has 0 aromatic carbocycles. The Hall–Kier alpha value is -1.51. The lowest BCUT2D eigenvalue weighted by Crippen LogP contribution is -2.53. The number of allylic oxidation sites excluding steroid dienone is 4. The molecule has 0 aliphatic rings. The molecule has 0 aromatic heterocycles. The second-order valence-electron chi connectivity index (χ2n) is 4.33. The second-order valence-corrected chi connectivity index (χ2v) is 4.81. The van der Waals surface area contributed by atoms with E-state index in [0.29, 0.717) is 20.8 Å². The van der Waals surface area contributed by atoms with Crippen LogP contribution in [0.2, 0.25) is 0 Å². The molecular weight excluding hydrogens is 342 g/mol. The monoisotopic (exact) mass is 352 g/mol. The number of aliphatic hydroxyl groups excluding tert-OH is 1. The van der Waals surface area contributed by atoms with Crippen molar-refractivity contribution in [3.63, 3.8) is 0 Å². The van der Waals surface area contributed by atoms with Gasteiger partial charge in [-0.25, -0.2) is 0 Å². The maximum absolute atomic E-state index is 13.9. The predicted molar refractivity (Wildman–Crippen MR) is 65.5 cm³/mol. The van der Waals surface area contributed by atoms with E-state index >= 15 is 0 Å². The van der Waals surface area contributed by atoms with Crippen LogP contribution in [-0.4, -0.2) is 33.9 Å². The molecule has 126 valence electrons. The number of alkyl halides is 7. The summed E-state index contributed by atoms with van der Waals surface area (Å²) < 4.78 is 79.6. The predicted octanol–water partition coefficient (Wildman–Crippen LogP) is 4.03. The van der Waals surface area contributed by atoms with Gasteiger partial charge in [0.15, 0.2) is 11.6 Å². The van der Waals surface area contributed by atoms with Crippen molar-refractivity contribution >= 4 is 23.2 Å². The van der Waals surface area contributed by atoms with E-state index in [1.165, 1.54) is 0 Å². The Morgan fingerprint density at radius 3 is 1.64 bits per heavy atom. The van der Waals surface area contributed by atoms with Crippen LogP contribution < -0.4 is 0 Å². The molecule has 1 N–H and O–H groups in total. The first-order chi connectivity index (χ1) is 9.57. The number of aliphatic hydroxyl groups is 1. The maximum atomic E-state index is 13.9. The molecule has 0 rings (SSSR count). The van der Waals surface area contributed by atoms with E-state index in [1.54, 1.807) is 0 Å². The molecule has 0 fully saturated rings. The largest absolute Gasteiger partial charge is 0.512 e. The number of carbonyl (C=O) groups excluding carboxylic acids is 2. The zero-order chi connectivity index (χ0) is 18.1. The molecule has 10 heteroatoms. The minimum absolute atomic E-state index is 0.132. The highest BCUT2D eigenvalue weighted by Crippen LogP contribution is 2.52. The van der Waals surface area contributed by atoms with Gasteiger partial charge in [0.1, 0.15) is 5.76 Å². The number of carbonyl (C=O) groups is 2. The van der Waals surface area contributed by atoms with Crippen LogP contribution in [0.5, 0.6) is 0 Å². The fourth-order valence-electron chi connectivity index (χ4n) is 1.51. The smallest absolute Gasteiger partial charge is 0.390 e. The molecule has 0 heterocycles. The van der Waals surface area contributed by atoms with Gasteiger partial charge in [0.25, 0.3) is 0 Å². The van der Waals surface area contributed by atoms with Crippen LogP contribution in [0.25, 0.3) is 0 Å². The van der Waals surface area contributed by atoms with Crippen LogP contribution in [0.3, 0.4) is 0 Å². The van der Waals surface area contributed by atoms with Crippen molar-refractivity contribution < 1.29 is 41.0 Å². The van der Waals surface area contributed by atoms with E-state index in [9.17, 15) is 41.0 Å². The Morgan fingerprint density at radius 1 is 1.00 bits per heavy atom. The Balaban J connectivity index is 6.57. The highest BCUT2D eigenvalue weighted by Gasteiger charge is 2.73. The van der Waals surface area contributed by atoms with Gasteiger partial charge in [0.2, 0.25) is 0 Å². The lowest BCUT2D eigenvalue weighted by atomic mass is 9.91. The maximum Gasteiger partial charge on any atom is 0.390 e. The first kappa shape index (κ1) is 20.5. The van der Waals surface area contributed by atoms with Gasteiger partial charge in [-0.1, -0.05) is 0 Å². The van der Waals surface area contributed by atoms with E-state index in [2.05, 4.69) is 11.6 Å². The molecule has 0 unspecified atom stereocenters. The van der Waals surface area contributed by atoms with E-state index in [0.717, 1.165) is 0 Å². The number of Topliss-reactive ketones (excluding diaryl/α,β-unsaturated/α-hetero) is 1. The summed E-state index contributed by atoms with van der Waals surface area (Å²) in [5, 5.41) is 3.54. The number of hydrogen-bond donors (Lipinski definition) is 1. The van der Waals surface area contributed by atoms with Gasteiger partial charge in [-0.2, -0.15) is 26.3 Å². The minimum Gasteiger partial charge on any atom is -0.512 e. The van der Waals surface area contributed by atoms with E-state index in [-0.39, 0.29) is 6.08 Å². The molecule has 22 heavy (non-hydrogen) atoms.